The number of halogens is 3. The SMILES string of the molecule is Fc1ccc(CC2(CCl)CCOC2)cc1Cl. The van der Waals surface area contributed by atoms with E-state index in [0.29, 0.717) is 12.5 Å². The molecule has 2 rings (SSSR count). The first kappa shape index (κ1) is 12.2. The normalized spacial score (nSPS) is 24.9. The molecule has 1 aliphatic heterocycles. The lowest BCUT2D eigenvalue weighted by Crippen LogP contribution is -2.26. The highest BCUT2D eigenvalue weighted by Gasteiger charge is 2.34. The Morgan fingerprint density at radius 3 is 2.81 bits per heavy atom. The zero-order valence-corrected chi connectivity index (χ0v) is 10.3. The van der Waals surface area contributed by atoms with Gasteiger partial charge in [-0.1, -0.05) is 17.7 Å². The van der Waals surface area contributed by atoms with Gasteiger partial charge in [-0.2, -0.15) is 0 Å². The first-order chi connectivity index (χ1) is 7.65. The largest absolute Gasteiger partial charge is 0.381 e. The third-order valence-corrected chi connectivity index (χ3v) is 3.89. The van der Waals surface area contributed by atoms with E-state index in [-0.39, 0.29) is 16.3 Å². The molecule has 88 valence electrons. The van der Waals surface area contributed by atoms with Crippen molar-refractivity contribution in [3.63, 3.8) is 0 Å². The fourth-order valence-corrected chi connectivity index (χ4v) is 2.53. The van der Waals surface area contributed by atoms with Crippen LogP contribution in [0.25, 0.3) is 0 Å². The molecular weight excluding hydrogens is 250 g/mol. The zero-order valence-electron chi connectivity index (χ0n) is 8.81. The van der Waals surface area contributed by atoms with Crippen LogP contribution in [0.3, 0.4) is 0 Å². The van der Waals surface area contributed by atoms with Crippen molar-refractivity contribution in [2.24, 2.45) is 5.41 Å². The summed E-state index contributed by atoms with van der Waals surface area (Å²) >= 11 is 11.7. The van der Waals surface area contributed by atoms with Crippen LogP contribution in [0, 0.1) is 11.2 Å². The minimum absolute atomic E-state index is 0.0112. The van der Waals surface area contributed by atoms with Crippen LogP contribution in [0.5, 0.6) is 0 Å². The number of rotatable bonds is 3. The monoisotopic (exact) mass is 262 g/mol. The highest BCUT2D eigenvalue weighted by atomic mass is 35.5. The second-order valence-electron chi connectivity index (χ2n) is 4.36. The average molecular weight is 263 g/mol. The molecule has 0 aliphatic carbocycles. The average Bonchev–Trinajstić information content (AvgIpc) is 2.73. The maximum atomic E-state index is 13.0. The van der Waals surface area contributed by atoms with Gasteiger partial charge in [0.05, 0.1) is 11.6 Å². The smallest absolute Gasteiger partial charge is 0.141 e. The lowest BCUT2D eigenvalue weighted by molar-refractivity contribution is 0.161. The molecule has 1 aromatic carbocycles. The van der Waals surface area contributed by atoms with Crippen LogP contribution >= 0.6 is 23.2 Å². The Balaban J connectivity index is 2.16. The predicted molar refractivity (Wildman–Crippen MR) is 63.7 cm³/mol. The van der Waals surface area contributed by atoms with Crippen LogP contribution in [0.15, 0.2) is 18.2 Å². The highest BCUT2D eigenvalue weighted by Crippen LogP contribution is 2.34. The molecule has 1 saturated heterocycles. The maximum Gasteiger partial charge on any atom is 0.141 e. The summed E-state index contributed by atoms with van der Waals surface area (Å²) in [4.78, 5) is 0. The quantitative estimate of drug-likeness (QED) is 0.756. The minimum Gasteiger partial charge on any atom is -0.381 e. The fraction of sp³-hybridized carbons (Fsp3) is 0.500. The molecule has 0 aromatic heterocycles. The van der Waals surface area contributed by atoms with Gasteiger partial charge < -0.3 is 4.74 Å². The summed E-state index contributed by atoms with van der Waals surface area (Å²) in [5.41, 5.74) is 1.00. The molecule has 1 atom stereocenters. The molecule has 1 nitrogen and oxygen atoms in total. The van der Waals surface area contributed by atoms with Crippen LogP contribution in [-0.4, -0.2) is 19.1 Å². The summed E-state index contributed by atoms with van der Waals surface area (Å²) in [5.74, 6) is 0.176. The van der Waals surface area contributed by atoms with Crippen molar-refractivity contribution >= 4 is 23.2 Å². The molecule has 4 heteroatoms. The Morgan fingerprint density at radius 1 is 1.44 bits per heavy atom. The fourth-order valence-electron chi connectivity index (χ4n) is 2.02. The second-order valence-corrected chi connectivity index (χ2v) is 5.04. The molecule has 1 aromatic rings. The standard InChI is InChI=1S/C12H13Cl2FO/c13-7-12(3-4-16-8-12)6-9-1-2-11(15)10(14)5-9/h1-2,5H,3-4,6-8H2. The maximum absolute atomic E-state index is 13.0. The summed E-state index contributed by atoms with van der Waals surface area (Å²) in [5, 5.41) is 0.168. The van der Waals surface area contributed by atoms with Crippen molar-refractivity contribution in [3.8, 4) is 0 Å². The van der Waals surface area contributed by atoms with Gasteiger partial charge in [0.1, 0.15) is 5.82 Å². The third-order valence-electron chi connectivity index (χ3n) is 3.03. The number of ether oxygens (including phenoxy) is 1. The van der Waals surface area contributed by atoms with Gasteiger partial charge in [-0.15, -0.1) is 11.6 Å². The number of benzene rings is 1. The highest BCUT2D eigenvalue weighted by molar-refractivity contribution is 6.30. The van der Waals surface area contributed by atoms with Gasteiger partial charge in [-0.25, -0.2) is 4.39 Å². The first-order valence-corrected chi connectivity index (χ1v) is 6.14. The summed E-state index contributed by atoms with van der Waals surface area (Å²) in [6.45, 7) is 1.42. The molecule has 0 saturated carbocycles. The van der Waals surface area contributed by atoms with Gasteiger partial charge in [-0.3, -0.25) is 0 Å². The van der Waals surface area contributed by atoms with E-state index in [0.717, 1.165) is 25.0 Å². The van der Waals surface area contributed by atoms with E-state index in [1.54, 1.807) is 12.1 Å². The molecule has 1 fully saturated rings. The van der Waals surface area contributed by atoms with Crippen molar-refractivity contribution in [2.45, 2.75) is 12.8 Å². The molecule has 16 heavy (non-hydrogen) atoms. The van der Waals surface area contributed by atoms with Crippen LogP contribution in [0.1, 0.15) is 12.0 Å². The summed E-state index contributed by atoms with van der Waals surface area (Å²) in [6, 6.07) is 4.83. The third kappa shape index (κ3) is 2.50. The van der Waals surface area contributed by atoms with Crippen LogP contribution in [0.2, 0.25) is 5.02 Å². The van der Waals surface area contributed by atoms with Crippen molar-refractivity contribution < 1.29 is 9.13 Å². The van der Waals surface area contributed by atoms with Crippen molar-refractivity contribution in [1.82, 2.24) is 0 Å². The van der Waals surface area contributed by atoms with Crippen LogP contribution in [0.4, 0.5) is 4.39 Å². The van der Waals surface area contributed by atoms with Crippen LogP contribution < -0.4 is 0 Å². The molecule has 0 radical (unpaired) electrons. The van der Waals surface area contributed by atoms with Crippen molar-refractivity contribution in [2.75, 3.05) is 19.1 Å². The molecular formula is C12H13Cl2FO. The van der Waals surface area contributed by atoms with Gasteiger partial charge in [0.15, 0.2) is 0 Å². The topological polar surface area (TPSA) is 9.23 Å². The zero-order chi connectivity index (χ0) is 11.6. The van der Waals surface area contributed by atoms with E-state index in [1.807, 2.05) is 0 Å². The first-order valence-electron chi connectivity index (χ1n) is 5.23. The predicted octanol–water partition coefficient (Wildman–Crippen LogP) is 3.67. The van der Waals surface area contributed by atoms with Crippen molar-refractivity contribution in [1.29, 1.82) is 0 Å². The Bertz CT molecular complexity index is 375. The summed E-state index contributed by atoms with van der Waals surface area (Å²) in [6.07, 6.45) is 1.74. The number of alkyl halides is 1. The van der Waals surface area contributed by atoms with E-state index in [1.165, 1.54) is 6.07 Å². The molecule has 1 aliphatic rings. The van der Waals surface area contributed by atoms with E-state index in [9.17, 15) is 4.39 Å². The van der Waals surface area contributed by atoms with Gasteiger partial charge in [0.25, 0.3) is 0 Å². The van der Waals surface area contributed by atoms with Crippen LogP contribution in [-0.2, 0) is 11.2 Å². The van der Waals surface area contributed by atoms with E-state index < -0.39 is 0 Å². The van der Waals surface area contributed by atoms with Gasteiger partial charge >= 0.3 is 0 Å². The lowest BCUT2D eigenvalue weighted by Gasteiger charge is -2.24. The molecule has 1 heterocycles. The summed E-state index contributed by atoms with van der Waals surface area (Å²) in [7, 11) is 0. The van der Waals surface area contributed by atoms with E-state index in [4.69, 9.17) is 27.9 Å². The van der Waals surface area contributed by atoms with E-state index in [2.05, 4.69) is 0 Å². The molecule has 0 N–H and O–H groups in total. The summed E-state index contributed by atoms with van der Waals surface area (Å²) < 4.78 is 18.4. The Hall–Kier alpha value is -0.310. The Morgan fingerprint density at radius 2 is 2.25 bits per heavy atom. The van der Waals surface area contributed by atoms with Gasteiger partial charge in [-0.05, 0) is 30.5 Å². The van der Waals surface area contributed by atoms with Crippen molar-refractivity contribution in [3.05, 3.63) is 34.6 Å². The lowest BCUT2D eigenvalue weighted by atomic mass is 9.83. The van der Waals surface area contributed by atoms with Gasteiger partial charge in [0, 0.05) is 17.9 Å². The Labute approximate surface area is 105 Å². The van der Waals surface area contributed by atoms with E-state index >= 15 is 0 Å². The van der Waals surface area contributed by atoms with Gasteiger partial charge in [0.2, 0.25) is 0 Å². The number of hydrogen-bond acceptors (Lipinski definition) is 1. The minimum atomic E-state index is -0.381. The molecule has 0 bridgehead atoms. The second kappa shape index (κ2) is 4.91. The molecule has 1 unspecified atom stereocenters. The molecule has 0 spiro atoms. The molecule has 0 amide bonds. The Kier molecular flexibility index (Phi) is 3.73. The number of hydrogen-bond donors (Lipinski definition) is 0.